The van der Waals surface area contributed by atoms with Gasteiger partial charge in [-0.15, -0.1) is 12.4 Å². The molecule has 1 aliphatic heterocycles. The van der Waals surface area contributed by atoms with Gasteiger partial charge in [0.1, 0.15) is 23.1 Å². The number of benzene rings is 1. The molecule has 2 N–H and O–H groups in total. The Bertz CT molecular complexity index is 669. The van der Waals surface area contributed by atoms with E-state index >= 15 is 0 Å². The van der Waals surface area contributed by atoms with Gasteiger partial charge in [-0.3, -0.25) is 0 Å². The van der Waals surface area contributed by atoms with Crippen LogP contribution in [0.25, 0.3) is 0 Å². The molecule has 0 atom stereocenters. The van der Waals surface area contributed by atoms with E-state index in [-0.39, 0.29) is 35.8 Å². The number of hydrogen-bond donors (Lipinski definition) is 1. The van der Waals surface area contributed by atoms with E-state index in [1.165, 1.54) is 23.5 Å². The lowest BCUT2D eigenvalue weighted by molar-refractivity contribution is 0.0208. The van der Waals surface area contributed by atoms with E-state index in [2.05, 4.69) is 0 Å². The molecule has 0 radical (unpaired) electrons. The highest BCUT2D eigenvalue weighted by Gasteiger charge is 2.32. The monoisotopic (exact) mass is 426 g/mol. The second-order valence-electron chi connectivity index (χ2n) is 6.05. The molecule has 1 aromatic rings. The van der Waals surface area contributed by atoms with Crippen molar-refractivity contribution in [2.45, 2.75) is 30.3 Å². The molecule has 1 heterocycles. The quantitative estimate of drug-likeness (QED) is 0.573. The molecular weight excluding hydrogens is 399 g/mol. The minimum absolute atomic E-state index is 0. The van der Waals surface area contributed by atoms with Crippen LogP contribution in [0, 0.1) is 5.82 Å². The average Bonchev–Trinajstić information content (AvgIpc) is 2.64. The maximum absolute atomic E-state index is 13.7. The number of nitrogens with zero attached hydrogens (tertiary/aromatic N) is 1. The molecule has 0 spiro atoms. The van der Waals surface area contributed by atoms with E-state index in [1.54, 1.807) is 0 Å². The Labute approximate surface area is 166 Å². The van der Waals surface area contributed by atoms with E-state index in [4.69, 9.17) is 19.9 Å². The normalized spacial score (nSPS) is 16.1. The van der Waals surface area contributed by atoms with Crippen molar-refractivity contribution in [2.24, 2.45) is 5.73 Å². The lowest BCUT2D eigenvalue weighted by Gasteiger charge is -2.31. The van der Waals surface area contributed by atoms with Crippen LogP contribution in [0.15, 0.2) is 23.1 Å². The standard InChI is InChI=1S/C17H27FN2O5S.ClH/c1-23-11-12-25-16-4-3-14(18)13-17(16)26(21,22)20-8-5-15(6-9-20)24-10-2-7-19;/h3-4,13,15H,2,5-12,19H2,1H3;1H. The third-order valence-corrected chi connectivity index (χ3v) is 6.09. The molecule has 7 nitrogen and oxygen atoms in total. The average molecular weight is 427 g/mol. The Morgan fingerprint density at radius 1 is 1.22 bits per heavy atom. The van der Waals surface area contributed by atoms with Gasteiger partial charge in [-0.05, 0) is 44.0 Å². The molecule has 1 fully saturated rings. The van der Waals surface area contributed by atoms with Crippen molar-refractivity contribution in [1.82, 2.24) is 4.31 Å². The zero-order valence-electron chi connectivity index (χ0n) is 15.4. The van der Waals surface area contributed by atoms with E-state index in [0.29, 0.717) is 45.7 Å². The highest BCUT2D eigenvalue weighted by atomic mass is 35.5. The van der Waals surface area contributed by atoms with E-state index in [1.807, 2.05) is 0 Å². The molecule has 0 aromatic heterocycles. The first-order valence-corrected chi connectivity index (χ1v) is 10.2. The maximum Gasteiger partial charge on any atom is 0.246 e. The fraction of sp³-hybridized carbons (Fsp3) is 0.647. The number of rotatable bonds is 10. The number of piperidine rings is 1. The molecule has 0 saturated carbocycles. The molecule has 1 saturated heterocycles. The summed E-state index contributed by atoms with van der Waals surface area (Å²) in [6.07, 6.45) is 2.00. The number of halogens is 2. The van der Waals surface area contributed by atoms with E-state index < -0.39 is 15.8 Å². The van der Waals surface area contributed by atoms with Crippen molar-refractivity contribution in [1.29, 1.82) is 0 Å². The molecule has 1 aromatic carbocycles. The molecule has 2 rings (SSSR count). The number of sulfonamides is 1. The van der Waals surface area contributed by atoms with Crippen LogP contribution in [0.3, 0.4) is 0 Å². The van der Waals surface area contributed by atoms with Gasteiger partial charge in [0, 0.05) is 26.8 Å². The summed E-state index contributed by atoms with van der Waals surface area (Å²) in [5.74, 6) is -0.493. The Balaban J connectivity index is 0.00000364. The minimum atomic E-state index is -3.85. The van der Waals surface area contributed by atoms with Crippen LogP contribution in [-0.4, -0.2) is 65.4 Å². The van der Waals surface area contributed by atoms with Crippen molar-refractivity contribution in [2.75, 3.05) is 46.6 Å². The van der Waals surface area contributed by atoms with Gasteiger partial charge in [0.2, 0.25) is 10.0 Å². The van der Waals surface area contributed by atoms with Crippen LogP contribution in [0.4, 0.5) is 4.39 Å². The summed E-state index contributed by atoms with van der Waals surface area (Å²) in [5, 5.41) is 0. The Kier molecular flexibility index (Phi) is 10.5. The largest absolute Gasteiger partial charge is 0.490 e. The molecule has 1 aliphatic rings. The number of hydrogen-bond acceptors (Lipinski definition) is 6. The second kappa shape index (κ2) is 11.8. The van der Waals surface area contributed by atoms with Crippen molar-refractivity contribution < 1.29 is 27.0 Å². The minimum Gasteiger partial charge on any atom is -0.490 e. The molecule has 156 valence electrons. The Hall–Kier alpha value is -0.970. The highest BCUT2D eigenvalue weighted by Crippen LogP contribution is 2.30. The summed E-state index contributed by atoms with van der Waals surface area (Å²) < 4.78 is 57.0. The first-order chi connectivity index (χ1) is 12.5. The smallest absolute Gasteiger partial charge is 0.246 e. The van der Waals surface area contributed by atoms with Gasteiger partial charge in [0.15, 0.2) is 0 Å². The Morgan fingerprint density at radius 3 is 2.56 bits per heavy atom. The lowest BCUT2D eigenvalue weighted by Crippen LogP contribution is -2.41. The fourth-order valence-corrected chi connectivity index (χ4v) is 4.36. The van der Waals surface area contributed by atoms with Crippen LogP contribution < -0.4 is 10.5 Å². The van der Waals surface area contributed by atoms with Crippen molar-refractivity contribution in [3.63, 3.8) is 0 Å². The van der Waals surface area contributed by atoms with Crippen molar-refractivity contribution in [3.05, 3.63) is 24.0 Å². The molecule has 10 heteroatoms. The van der Waals surface area contributed by atoms with Crippen molar-refractivity contribution in [3.8, 4) is 5.75 Å². The second-order valence-corrected chi connectivity index (χ2v) is 7.96. The zero-order chi connectivity index (χ0) is 19.0. The van der Waals surface area contributed by atoms with Gasteiger partial charge in [-0.2, -0.15) is 4.31 Å². The summed E-state index contributed by atoms with van der Waals surface area (Å²) in [6.45, 7) is 2.28. The SMILES string of the molecule is COCCOc1ccc(F)cc1S(=O)(=O)N1CCC(OCCCN)CC1.Cl. The molecule has 27 heavy (non-hydrogen) atoms. The van der Waals surface area contributed by atoms with E-state index in [9.17, 15) is 12.8 Å². The fourth-order valence-electron chi connectivity index (χ4n) is 2.75. The predicted octanol–water partition coefficient (Wildman–Crippen LogP) is 1.79. The number of nitrogens with two attached hydrogens (primary N) is 1. The molecule has 0 bridgehead atoms. The van der Waals surface area contributed by atoms with Crippen LogP contribution in [0.5, 0.6) is 5.75 Å². The number of methoxy groups -OCH3 is 1. The van der Waals surface area contributed by atoms with Gasteiger partial charge < -0.3 is 19.9 Å². The summed E-state index contributed by atoms with van der Waals surface area (Å²) >= 11 is 0. The van der Waals surface area contributed by atoms with Gasteiger partial charge in [0.05, 0.1) is 12.7 Å². The molecule has 0 amide bonds. The van der Waals surface area contributed by atoms with Crippen LogP contribution in [0.2, 0.25) is 0 Å². The summed E-state index contributed by atoms with van der Waals surface area (Å²) in [5.41, 5.74) is 5.44. The summed E-state index contributed by atoms with van der Waals surface area (Å²) in [6, 6.07) is 3.51. The topological polar surface area (TPSA) is 91.1 Å². The first-order valence-electron chi connectivity index (χ1n) is 8.72. The predicted molar refractivity (Wildman–Crippen MR) is 102 cm³/mol. The van der Waals surface area contributed by atoms with Crippen LogP contribution >= 0.6 is 12.4 Å². The van der Waals surface area contributed by atoms with Crippen LogP contribution in [0.1, 0.15) is 19.3 Å². The highest BCUT2D eigenvalue weighted by molar-refractivity contribution is 7.89. The van der Waals surface area contributed by atoms with Gasteiger partial charge in [0.25, 0.3) is 0 Å². The van der Waals surface area contributed by atoms with Gasteiger partial charge in [-0.25, -0.2) is 12.8 Å². The zero-order valence-corrected chi connectivity index (χ0v) is 17.1. The number of ether oxygens (including phenoxy) is 3. The Morgan fingerprint density at radius 2 is 1.93 bits per heavy atom. The van der Waals surface area contributed by atoms with E-state index in [0.717, 1.165) is 12.5 Å². The summed E-state index contributed by atoms with van der Waals surface area (Å²) in [7, 11) is -2.33. The van der Waals surface area contributed by atoms with Crippen molar-refractivity contribution >= 4 is 22.4 Å². The van der Waals surface area contributed by atoms with Crippen LogP contribution in [-0.2, 0) is 19.5 Å². The molecule has 0 aliphatic carbocycles. The summed E-state index contributed by atoms with van der Waals surface area (Å²) in [4.78, 5) is -0.156. The molecule has 0 unspecified atom stereocenters. The van der Waals surface area contributed by atoms with Gasteiger partial charge in [-0.1, -0.05) is 0 Å². The lowest BCUT2D eigenvalue weighted by atomic mass is 10.1. The first kappa shape index (κ1) is 24.1. The maximum atomic E-state index is 13.7. The third kappa shape index (κ3) is 6.85. The third-order valence-electron chi connectivity index (χ3n) is 4.17. The molecular formula is C17H28ClFN2O5S. The van der Waals surface area contributed by atoms with Gasteiger partial charge >= 0.3 is 0 Å².